The van der Waals surface area contributed by atoms with Crippen LogP contribution in [0.25, 0.3) is 5.57 Å². The van der Waals surface area contributed by atoms with E-state index in [-0.39, 0.29) is 23.8 Å². The second kappa shape index (κ2) is 10.9. The molecule has 0 aromatic heterocycles. The van der Waals surface area contributed by atoms with Gasteiger partial charge in [-0.1, -0.05) is 35.8 Å². The number of benzene rings is 2. The Hall–Kier alpha value is -3.24. The minimum Gasteiger partial charge on any atom is -0.493 e. The number of rotatable bonds is 6. The highest BCUT2D eigenvalue weighted by molar-refractivity contribution is 6.42. The third-order valence-corrected chi connectivity index (χ3v) is 7.99. The summed E-state index contributed by atoms with van der Waals surface area (Å²) in [6.45, 7) is 4.79. The largest absolute Gasteiger partial charge is 0.493 e. The Kier molecular flexibility index (Phi) is 7.54. The molecule has 3 aliphatic rings. The van der Waals surface area contributed by atoms with E-state index in [9.17, 15) is 9.59 Å². The molecule has 0 bridgehead atoms. The smallest absolute Gasteiger partial charge is 0.257 e. The van der Waals surface area contributed by atoms with Gasteiger partial charge in [-0.3, -0.25) is 15.0 Å². The number of hydrogen-bond acceptors (Lipinski definition) is 7. The molecule has 5 rings (SSSR count). The quantitative estimate of drug-likeness (QED) is 0.466. The Morgan fingerprint density at radius 1 is 1.18 bits per heavy atom. The highest BCUT2D eigenvalue weighted by atomic mass is 35.5. The van der Waals surface area contributed by atoms with Crippen LogP contribution in [0.15, 0.2) is 55.3 Å². The van der Waals surface area contributed by atoms with E-state index in [1.165, 1.54) is 6.08 Å². The number of ether oxygens (including phenoxy) is 2. The van der Waals surface area contributed by atoms with Crippen LogP contribution in [0.1, 0.15) is 18.4 Å². The van der Waals surface area contributed by atoms with Crippen molar-refractivity contribution < 1.29 is 19.1 Å². The number of nitrogens with zero attached hydrogens (tertiary/aromatic N) is 2. The summed E-state index contributed by atoms with van der Waals surface area (Å²) in [4.78, 5) is 29.2. The number of carbonyl (C=O) groups excluding carboxylic acids is 2. The molecule has 200 valence electrons. The molecule has 0 saturated carbocycles. The van der Waals surface area contributed by atoms with Crippen LogP contribution in [0.2, 0.25) is 10.0 Å². The van der Waals surface area contributed by atoms with Gasteiger partial charge >= 0.3 is 0 Å². The van der Waals surface area contributed by atoms with Crippen LogP contribution >= 0.6 is 23.2 Å². The van der Waals surface area contributed by atoms with E-state index in [1.54, 1.807) is 30.2 Å². The maximum Gasteiger partial charge on any atom is 0.257 e. The molecule has 3 heterocycles. The highest BCUT2D eigenvalue weighted by Gasteiger charge is 2.49. The SMILES string of the molecule is C=CC(=O)N1CCC[C@@H](N2C=C(c3ccc(Oc4ccc(Cl)c(Cl)c4)c(OC)c3)C3C(N)NNC(=O)C32)C1. The normalized spacial score (nSPS) is 24.8. The van der Waals surface area contributed by atoms with Crippen molar-refractivity contribution in [1.29, 1.82) is 0 Å². The van der Waals surface area contributed by atoms with Crippen molar-refractivity contribution in [1.82, 2.24) is 20.7 Å². The molecule has 4 atom stereocenters. The molecule has 3 unspecified atom stereocenters. The average molecular weight is 558 g/mol. The molecule has 2 fully saturated rings. The van der Waals surface area contributed by atoms with Crippen molar-refractivity contribution in [3.05, 3.63) is 70.9 Å². The zero-order valence-corrected chi connectivity index (χ0v) is 22.3. The fraction of sp³-hybridized carbons (Fsp3) is 0.333. The highest BCUT2D eigenvalue weighted by Crippen LogP contribution is 2.43. The summed E-state index contributed by atoms with van der Waals surface area (Å²) in [6, 6.07) is 10.1. The second-order valence-corrected chi connectivity index (χ2v) is 10.3. The summed E-state index contributed by atoms with van der Waals surface area (Å²) in [5, 5.41) is 0.820. The Labute approximate surface area is 231 Å². The fourth-order valence-corrected chi connectivity index (χ4v) is 5.70. The second-order valence-electron chi connectivity index (χ2n) is 9.49. The van der Waals surface area contributed by atoms with Crippen LogP contribution in [-0.2, 0) is 9.59 Å². The van der Waals surface area contributed by atoms with Crippen LogP contribution in [0, 0.1) is 5.92 Å². The summed E-state index contributed by atoms with van der Waals surface area (Å²) in [6.07, 6.45) is 4.51. The van der Waals surface area contributed by atoms with Crippen molar-refractivity contribution in [2.75, 3.05) is 20.2 Å². The number of likely N-dealkylation sites (tertiary alicyclic amines) is 1. The van der Waals surface area contributed by atoms with Crippen LogP contribution in [0.5, 0.6) is 17.2 Å². The first-order chi connectivity index (χ1) is 18.3. The van der Waals surface area contributed by atoms with E-state index < -0.39 is 12.2 Å². The Morgan fingerprint density at radius 2 is 2.00 bits per heavy atom. The molecule has 2 amide bonds. The van der Waals surface area contributed by atoms with Crippen LogP contribution in [0.4, 0.5) is 0 Å². The lowest BCUT2D eigenvalue weighted by molar-refractivity contribution is -0.132. The van der Waals surface area contributed by atoms with Gasteiger partial charge in [-0.15, -0.1) is 0 Å². The summed E-state index contributed by atoms with van der Waals surface area (Å²) < 4.78 is 11.7. The minimum atomic E-state index is -0.512. The number of hydrogen-bond donors (Lipinski definition) is 3. The van der Waals surface area contributed by atoms with Crippen molar-refractivity contribution in [3.8, 4) is 17.2 Å². The zero-order chi connectivity index (χ0) is 27.0. The minimum absolute atomic E-state index is 0.0344. The van der Waals surface area contributed by atoms with Crippen molar-refractivity contribution in [3.63, 3.8) is 0 Å². The van der Waals surface area contributed by atoms with Gasteiger partial charge < -0.3 is 25.0 Å². The van der Waals surface area contributed by atoms with E-state index in [0.717, 1.165) is 24.0 Å². The van der Waals surface area contributed by atoms with E-state index in [4.69, 9.17) is 38.4 Å². The first kappa shape index (κ1) is 26.4. The number of methoxy groups -OCH3 is 1. The zero-order valence-electron chi connectivity index (χ0n) is 20.8. The van der Waals surface area contributed by atoms with Gasteiger partial charge in [0.2, 0.25) is 5.91 Å². The van der Waals surface area contributed by atoms with E-state index >= 15 is 0 Å². The maximum atomic E-state index is 13.1. The number of carbonyl (C=O) groups is 2. The molecule has 3 aliphatic heterocycles. The van der Waals surface area contributed by atoms with E-state index in [2.05, 4.69) is 22.3 Å². The van der Waals surface area contributed by atoms with Gasteiger partial charge in [0.15, 0.2) is 11.5 Å². The van der Waals surface area contributed by atoms with Gasteiger partial charge in [0, 0.05) is 37.3 Å². The summed E-state index contributed by atoms with van der Waals surface area (Å²) in [5.74, 6) is 0.928. The molecule has 9 nitrogen and oxygen atoms in total. The molecule has 2 aromatic carbocycles. The number of halogens is 2. The average Bonchev–Trinajstić information content (AvgIpc) is 3.35. The topological polar surface area (TPSA) is 109 Å². The molecule has 0 aliphatic carbocycles. The lowest BCUT2D eigenvalue weighted by atomic mass is 9.85. The molecule has 2 saturated heterocycles. The van der Waals surface area contributed by atoms with Gasteiger partial charge in [-0.25, -0.2) is 5.43 Å². The molecule has 38 heavy (non-hydrogen) atoms. The monoisotopic (exact) mass is 557 g/mol. The Morgan fingerprint density at radius 3 is 2.74 bits per heavy atom. The van der Waals surface area contributed by atoms with Gasteiger partial charge in [0.1, 0.15) is 11.8 Å². The lowest BCUT2D eigenvalue weighted by Gasteiger charge is -2.43. The first-order valence-corrected chi connectivity index (χ1v) is 13.1. The lowest BCUT2D eigenvalue weighted by Crippen LogP contribution is -2.67. The molecular formula is C27H29Cl2N5O4. The van der Waals surface area contributed by atoms with Gasteiger partial charge in [-0.05, 0) is 54.3 Å². The van der Waals surface area contributed by atoms with Gasteiger partial charge in [-0.2, -0.15) is 0 Å². The third-order valence-electron chi connectivity index (χ3n) is 7.25. The number of piperidine rings is 1. The first-order valence-electron chi connectivity index (χ1n) is 12.3. The summed E-state index contributed by atoms with van der Waals surface area (Å²) in [7, 11) is 1.56. The summed E-state index contributed by atoms with van der Waals surface area (Å²) in [5.41, 5.74) is 13.8. The molecule has 2 aromatic rings. The molecule has 11 heteroatoms. The number of amides is 2. The predicted molar refractivity (Wildman–Crippen MR) is 146 cm³/mol. The standard InChI is InChI=1S/C27H29Cl2N5O4/c1-3-23(35)33-10-4-5-16(13-33)34-14-18(24-25(34)27(36)32-31-26(24)30)15-6-9-21(22(11-15)37-2)38-17-7-8-19(28)20(29)12-17/h3,6-9,11-12,14,16,24-26,31H,1,4-5,10,13,30H2,2H3,(H,32,36)/t16-,24?,25?,26?/m1/s1. The Bertz CT molecular complexity index is 1300. The van der Waals surface area contributed by atoms with Gasteiger partial charge in [0.05, 0.1) is 23.3 Å². The van der Waals surface area contributed by atoms with Crippen molar-refractivity contribution in [2.24, 2.45) is 11.7 Å². The molecule has 4 N–H and O–H groups in total. The van der Waals surface area contributed by atoms with E-state index in [1.807, 2.05) is 24.4 Å². The van der Waals surface area contributed by atoms with E-state index in [0.29, 0.717) is 40.4 Å². The van der Waals surface area contributed by atoms with Crippen LogP contribution in [-0.4, -0.2) is 60.1 Å². The van der Waals surface area contributed by atoms with Crippen LogP contribution < -0.4 is 26.1 Å². The summed E-state index contributed by atoms with van der Waals surface area (Å²) >= 11 is 12.2. The number of hydrazine groups is 1. The third kappa shape index (κ3) is 4.94. The van der Waals surface area contributed by atoms with Crippen LogP contribution in [0.3, 0.4) is 0 Å². The predicted octanol–water partition coefficient (Wildman–Crippen LogP) is 3.53. The maximum absolute atomic E-state index is 13.1. The van der Waals surface area contributed by atoms with Crippen molar-refractivity contribution >= 4 is 40.6 Å². The molecule has 0 spiro atoms. The molecule has 0 radical (unpaired) electrons. The number of nitrogens with two attached hydrogens (primary N) is 1. The molecular weight excluding hydrogens is 529 g/mol. The van der Waals surface area contributed by atoms with Gasteiger partial charge in [0.25, 0.3) is 5.91 Å². The Balaban J connectivity index is 1.48. The van der Waals surface area contributed by atoms with Crippen molar-refractivity contribution in [2.45, 2.75) is 31.1 Å². The fourth-order valence-electron chi connectivity index (χ4n) is 5.41. The number of nitrogens with one attached hydrogen (secondary N) is 2. The number of fused-ring (bicyclic) bond motifs is 1.